The second-order valence-electron chi connectivity index (χ2n) is 5.66. The summed E-state index contributed by atoms with van der Waals surface area (Å²) in [5, 5.41) is 12.6. The van der Waals surface area contributed by atoms with Gasteiger partial charge in [0.2, 0.25) is 0 Å². The number of aliphatic hydroxyl groups is 1. The SMILES string of the molecule is CC(C)Oc1cccc(C(=O)NCC2CCCC2O)c1. The van der Waals surface area contributed by atoms with E-state index < -0.39 is 0 Å². The summed E-state index contributed by atoms with van der Waals surface area (Å²) in [7, 11) is 0. The Morgan fingerprint density at radius 1 is 1.45 bits per heavy atom. The van der Waals surface area contributed by atoms with Crippen molar-refractivity contribution >= 4 is 5.91 Å². The molecule has 1 aromatic carbocycles. The van der Waals surface area contributed by atoms with Gasteiger partial charge >= 0.3 is 0 Å². The summed E-state index contributed by atoms with van der Waals surface area (Å²) in [5.41, 5.74) is 0.593. The third kappa shape index (κ3) is 3.97. The largest absolute Gasteiger partial charge is 0.491 e. The fourth-order valence-corrected chi connectivity index (χ4v) is 2.56. The normalized spacial score (nSPS) is 22.0. The van der Waals surface area contributed by atoms with Crippen molar-refractivity contribution in [1.29, 1.82) is 0 Å². The van der Waals surface area contributed by atoms with E-state index in [9.17, 15) is 9.90 Å². The maximum Gasteiger partial charge on any atom is 0.251 e. The van der Waals surface area contributed by atoms with Crippen LogP contribution in [0.1, 0.15) is 43.5 Å². The van der Waals surface area contributed by atoms with Crippen molar-refractivity contribution in [2.75, 3.05) is 6.54 Å². The van der Waals surface area contributed by atoms with Gasteiger partial charge in [-0.1, -0.05) is 12.5 Å². The Morgan fingerprint density at radius 2 is 2.25 bits per heavy atom. The molecule has 0 aliphatic heterocycles. The van der Waals surface area contributed by atoms with Gasteiger partial charge in [-0.15, -0.1) is 0 Å². The van der Waals surface area contributed by atoms with Crippen LogP contribution in [0.4, 0.5) is 0 Å². The fraction of sp³-hybridized carbons (Fsp3) is 0.562. The van der Waals surface area contributed by atoms with Crippen LogP contribution in [0.2, 0.25) is 0 Å². The van der Waals surface area contributed by atoms with Crippen LogP contribution in [0.25, 0.3) is 0 Å². The highest BCUT2D eigenvalue weighted by molar-refractivity contribution is 5.94. The zero-order valence-electron chi connectivity index (χ0n) is 12.1. The van der Waals surface area contributed by atoms with Crippen LogP contribution in [-0.4, -0.2) is 29.8 Å². The minimum absolute atomic E-state index is 0.0851. The summed E-state index contributed by atoms with van der Waals surface area (Å²) in [6, 6.07) is 7.18. The van der Waals surface area contributed by atoms with Gasteiger partial charge in [-0.3, -0.25) is 4.79 Å². The van der Waals surface area contributed by atoms with E-state index in [1.165, 1.54) is 0 Å². The Bertz CT molecular complexity index is 459. The van der Waals surface area contributed by atoms with Crippen molar-refractivity contribution in [3.63, 3.8) is 0 Å². The van der Waals surface area contributed by atoms with Crippen molar-refractivity contribution in [1.82, 2.24) is 5.32 Å². The number of aliphatic hydroxyl groups excluding tert-OH is 1. The molecule has 0 saturated heterocycles. The molecule has 20 heavy (non-hydrogen) atoms. The van der Waals surface area contributed by atoms with E-state index >= 15 is 0 Å². The molecule has 1 aliphatic carbocycles. The lowest BCUT2D eigenvalue weighted by atomic mass is 10.1. The molecule has 0 aromatic heterocycles. The van der Waals surface area contributed by atoms with E-state index in [0.29, 0.717) is 17.9 Å². The number of carbonyl (C=O) groups is 1. The predicted molar refractivity (Wildman–Crippen MR) is 77.9 cm³/mol. The first kappa shape index (κ1) is 14.9. The molecule has 4 heteroatoms. The molecule has 2 atom stereocenters. The highest BCUT2D eigenvalue weighted by Crippen LogP contribution is 2.24. The van der Waals surface area contributed by atoms with E-state index in [1.807, 2.05) is 26.0 Å². The molecule has 1 aliphatic rings. The average Bonchev–Trinajstić information content (AvgIpc) is 2.81. The molecular weight excluding hydrogens is 254 g/mol. The number of hydrogen-bond donors (Lipinski definition) is 2. The van der Waals surface area contributed by atoms with E-state index in [0.717, 1.165) is 19.3 Å². The lowest BCUT2D eigenvalue weighted by Crippen LogP contribution is -2.32. The minimum atomic E-state index is -0.272. The molecule has 4 nitrogen and oxygen atoms in total. The Hall–Kier alpha value is -1.55. The van der Waals surface area contributed by atoms with Crippen molar-refractivity contribution < 1.29 is 14.6 Å². The van der Waals surface area contributed by atoms with Gasteiger partial charge in [0.05, 0.1) is 12.2 Å². The van der Waals surface area contributed by atoms with Gasteiger partial charge in [0.1, 0.15) is 5.75 Å². The molecule has 0 radical (unpaired) electrons. The summed E-state index contributed by atoms with van der Waals surface area (Å²) in [6.45, 7) is 4.44. The summed E-state index contributed by atoms with van der Waals surface area (Å²) < 4.78 is 5.58. The number of carbonyl (C=O) groups excluding carboxylic acids is 1. The van der Waals surface area contributed by atoms with Gasteiger partial charge < -0.3 is 15.2 Å². The van der Waals surface area contributed by atoms with Crippen LogP contribution in [0.15, 0.2) is 24.3 Å². The van der Waals surface area contributed by atoms with E-state index in [-0.39, 0.29) is 24.0 Å². The standard InChI is InChI=1S/C16H23NO3/c1-11(2)20-14-7-3-5-12(9-14)16(19)17-10-13-6-4-8-15(13)18/h3,5,7,9,11,13,15,18H,4,6,8,10H2,1-2H3,(H,17,19). The molecule has 2 N–H and O–H groups in total. The highest BCUT2D eigenvalue weighted by Gasteiger charge is 2.25. The van der Waals surface area contributed by atoms with Gasteiger partial charge in [0, 0.05) is 18.0 Å². The molecule has 1 fully saturated rings. The van der Waals surface area contributed by atoms with Gasteiger partial charge in [-0.05, 0) is 44.9 Å². The number of benzene rings is 1. The summed E-state index contributed by atoms with van der Waals surface area (Å²) >= 11 is 0. The van der Waals surface area contributed by atoms with Crippen LogP contribution >= 0.6 is 0 Å². The zero-order chi connectivity index (χ0) is 14.5. The first-order valence-electron chi connectivity index (χ1n) is 7.29. The third-order valence-corrected chi connectivity index (χ3v) is 3.61. The van der Waals surface area contributed by atoms with Gasteiger partial charge in [-0.25, -0.2) is 0 Å². The Kier molecular flexibility index (Phi) is 5.01. The Labute approximate surface area is 120 Å². The fourth-order valence-electron chi connectivity index (χ4n) is 2.56. The molecule has 1 amide bonds. The highest BCUT2D eigenvalue weighted by atomic mass is 16.5. The van der Waals surface area contributed by atoms with Gasteiger partial charge in [0.15, 0.2) is 0 Å². The number of ether oxygens (including phenoxy) is 1. The zero-order valence-corrected chi connectivity index (χ0v) is 12.1. The third-order valence-electron chi connectivity index (χ3n) is 3.61. The predicted octanol–water partition coefficient (Wildman–Crippen LogP) is 2.36. The molecular formula is C16H23NO3. The Morgan fingerprint density at radius 3 is 2.90 bits per heavy atom. The monoisotopic (exact) mass is 277 g/mol. The van der Waals surface area contributed by atoms with Crippen molar-refractivity contribution in [2.45, 2.75) is 45.3 Å². The number of nitrogens with one attached hydrogen (secondary N) is 1. The molecule has 1 saturated carbocycles. The van der Waals surface area contributed by atoms with Crippen LogP contribution in [0.5, 0.6) is 5.75 Å². The van der Waals surface area contributed by atoms with Crippen LogP contribution in [-0.2, 0) is 0 Å². The number of rotatable bonds is 5. The van der Waals surface area contributed by atoms with Crippen molar-refractivity contribution in [2.24, 2.45) is 5.92 Å². The van der Waals surface area contributed by atoms with Gasteiger partial charge in [0.25, 0.3) is 5.91 Å². The van der Waals surface area contributed by atoms with E-state index in [1.54, 1.807) is 12.1 Å². The molecule has 1 aromatic rings. The van der Waals surface area contributed by atoms with Crippen molar-refractivity contribution in [3.05, 3.63) is 29.8 Å². The van der Waals surface area contributed by atoms with Gasteiger partial charge in [-0.2, -0.15) is 0 Å². The Balaban J connectivity index is 1.91. The molecule has 2 unspecified atom stereocenters. The summed E-state index contributed by atoms with van der Waals surface area (Å²) in [4.78, 5) is 12.1. The minimum Gasteiger partial charge on any atom is -0.491 e. The lowest BCUT2D eigenvalue weighted by molar-refractivity contribution is 0.0916. The summed E-state index contributed by atoms with van der Waals surface area (Å²) in [6.07, 6.45) is 2.68. The van der Waals surface area contributed by atoms with Crippen LogP contribution in [0.3, 0.4) is 0 Å². The first-order valence-corrected chi connectivity index (χ1v) is 7.29. The quantitative estimate of drug-likeness (QED) is 0.868. The van der Waals surface area contributed by atoms with E-state index in [4.69, 9.17) is 4.74 Å². The number of hydrogen-bond acceptors (Lipinski definition) is 3. The molecule has 110 valence electrons. The maximum atomic E-state index is 12.1. The van der Waals surface area contributed by atoms with E-state index in [2.05, 4.69) is 5.32 Å². The van der Waals surface area contributed by atoms with Crippen molar-refractivity contribution in [3.8, 4) is 5.75 Å². The second-order valence-corrected chi connectivity index (χ2v) is 5.66. The molecule has 0 heterocycles. The van der Waals surface area contributed by atoms with Crippen LogP contribution in [0, 0.1) is 5.92 Å². The molecule has 0 bridgehead atoms. The summed E-state index contributed by atoms with van der Waals surface area (Å²) in [5.74, 6) is 0.779. The second kappa shape index (κ2) is 6.75. The van der Waals surface area contributed by atoms with Crippen LogP contribution < -0.4 is 10.1 Å². The number of amides is 1. The first-order chi connectivity index (χ1) is 9.56. The maximum absolute atomic E-state index is 12.1. The smallest absolute Gasteiger partial charge is 0.251 e. The molecule has 2 rings (SSSR count). The topological polar surface area (TPSA) is 58.6 Å². The average molecular weight is 277 g/mol. The molecule has 0 spiro atoms. The lowest BCUT2D eigenvalue weighted by Gasteiger charge is -2.15.